The van der Waals surface area contributed by atoms with Crippen LogP contribution in [0.2, 0.25) is 0 Å². The maximum atomic E-state index is 12.8. The fraction of sp³-hybridized carbons (Fsp3) is 0.614. The van der Waals surface area contributed by atoms with Crippen LogP contribution in [-0.4, -0.2) is 95.6 Å². The number of benzene rings is 1. The molecule has 0 spiro atoms. The van der Waals surface area contributed by atoms with Crippen molar-refractivity contribution in [2.45, 2.75) is 134 Å². The largest absolute Gasteiger partial charge is 0.482 e. The van der Waals surface area contributed by atoms with Crippen molar-refractivity contribution in [3.05, 3.63) is 53.6 Å². The van der Waals surface area contributed by atoms with E-state index < -0.39 is 42.6 Å². The average molecular weight is 823 g/mol. The smallest absolute Gasteiger partial charge is 0.341 e. The zero-order valence-electron chi connectivity index (χ0n) is 34.4. The van der Waals surface area contributed by atoms with Crippen LogP contribution in [0.15, 0.2) is 42.5 Å². The lowest BCUT2D eigenvalue weighted by atomic mass is 9.73. The highest BCUT2D eigenvalue weighted by Gasteiger charge is 2.45. The maximum absolute atomic E-state index is 12.8. The topological polar surface area (TPSA) is 227 Å². The molecule has 0 aromatic heterocycles. The van der Waals surface area contributed by atoms with Gasteiger partial charge >= 0.3 is 11.9 Å². The first kappa shape index (κ1) is 46.6. The summed E-state index contributed by atoms with van der Waals surface area (Å²) in [6.45, 7) is 3.75. The van der Waals surface area contributed by atoms with Crippen molar-refractivity contribution >= 4 is 41.4 Å². The lowest BCUT2D eigenvalue weighted by Gasteiger charge is -2.32. The normalized spacial score (nSPS) is 22.8. The molecular formula is C44H62N4O11. The molecule has 2 unspecified atom stereocenters. The highest BCUT2D eigenvalue weighted by atomic mass is 16.5. The standard InChI is InChI=1S/C44H62N4O11/c1-3-4-5-12-31(17-18-32-33-24-29-11-10-15-38(58-27-41(53)54)34(29)25-30(33)26-37(32)50)59-42(55)21-20-40(52)46-23-9-7-14-36-44(57)47-35(43(56)48-36)13-6-8-22-45-39(51)19-16-28(2)49/h10-11,15-16,19-21,30-33,35-37,50H,3-9,12-14,17-18,22-27H2,1-2H3,(H,45,51)(H,46,52)(H,47,57)(H,48,56)(H,53,54)/b19-16+,21-20+/t30-,31-,32+,33-,35?,36?,37+/m0/s1. The minimum absolute atomic E-state index is 0.0406. The Morgan fingerprint density at radius 3 is 2.08 bits per heavy atom. The number of carbonyl (C=O) groups is 7. The zero-order valence-corrected chi connectivity index (χ0v) is 34.4. The molecule has 1 aliphatic heterocycles. The van der Waals surface area contributed by atoms with Gasteiger partial charge in [-0.1, -0.05) is 31.9 Å². The van der Waals surface area contributed by atoms with Gasteiger partial charge in [-0.25, -0.2) is 9.59 Å². The number of aliphatic hydroxyl groups is 1. The number of esters is 1. The van der Waals surface area contributed by atoms with Crippen LogP contribution >= 0.6 is 0 Å². The monoisotopic (exact) mass is 822 g/mol. The van der Waals surface area contributed by atoms with Gasteiger partial charge in [0.1, 0.15) is 23.9 Å². The van der Waals surface area contributed by atoms with E-state index in [9.17, 15) is 38.7 Å². The molecule has 0 bridgehead atoms. The van der Waals surface area contributed by atoms with E-state index in [0.29, 0.717) is 83.0 Å². The van der Waals surface area contributed by atoms with Crippen LogP contribution in [0, 0.1) is 17.8 Å². The molecule has 7 atom stereocenters. The van der Waals surface area contributed by atoms with Gasteiger partial charge in [-0.05, 0) is 131 Å². The SMILES string of the molecule is CCCCC[C@@H](CC[C@@H]1[C@H]2Cc3cccc(OCC(=O)O)c3C[C@H]2C[C@H]1O)OC(=O)/C=C/C(=O)NCCCCC1NC(=O)C(CCCCNC(=O)/C=C/C(C)=O)NC1=O. The molecule has 15 heteroatoms. The first-order valence-electron chi connectivity index (χ1n) is 21.2. The van der Waals surface area contributed by atoms with E-state index in [1.54, 1.807) is 6.07 Å². The summed E-state index contributed by atoms with van der Waals surface area (Å²) >= 11 is 0. The number of carbonyl (C=O) groups excluding carboxylic acids is 6. The summed E-state index contributed by atoms with van der Waals surface area (Å²) in [6.07, 6.45) is 14.0. The van der Waals surface area contributed by atoms with Crippen LogP contribution in [0.4, 0.5) is 0 Å². The molecule has 15 nitrogen and oxygen atoms in total. The summed E-state index contributed by atoms with van der Waals surface area (Å²) in [5.74, 6) is -2.05. The Morgan fingerprint density at radius 2 is 1.47 bits per heavy atom. The highest BCUT2D eigenvalue weighted by Crippen LogP contribution is 2.48. The number of nitrogens with one attached hydrogen (secondary N) is 4. The summed E-state index contributed by atoms with van der Waals surface area (Å²) in [4.78, 5) is 84.2. The number of rotatable bonds is 25. The van der Waals surface area contributed by atoms with Crippen LogP contribution in [0.25, 0.3) is 0 Å². The molecule has 59 heavy (non-hydrogen) atoms. The van der Waals surface area contributed by atoms with Crippen LogP contribution < -0.4 is 26.0 Å². The van der Waals surface area contributed by atoms with Gasteiger partial charge < -0.3 is 41.0 Å². The zero-order chi connectivity index (χ0) is 42.7. The number of ether oxygens (including phenoxy) is 2. The van der Waals surface area contributed by atoms with Crippen LogP contribution in [0.5, 0.6) is 5.75 Å². The minimum Gasteiger partial charge on any atom is -0.482 e. The predicted octanol–water partition coefficient (Wildman–Crippen LogP) is 3.39. The highest BCUT2D eigenvalue weighted by molar-refractivity contribution is 5.97. The fourth-order valence-corrected chi connectivity index (χ4v) is 8.45. The number of ketones is 1. The average Bonchev–Trinajstić information content (AvgIpc) is 3.50. The summed E-state index contributed by atoms with van der Waals surface area (Å²) in [6, 6.07) is 4.41. The molecule has 6 N–H and O–H groups in total. The van der Waals surface area contributed by atoms with E-state index in [4.69, 9.17) is 14.6 Å². The third kappa shape index (κ3) is 15.6. The molecule has 1 saturated heterocycles. The third-order valence-electron chi connectivity index (χ3n) is 11.5. The van der Waals surface area contributed by atoms with E-state index in [2.05, 4.69) is 28.2 Å². The summed E-state index contributed by atoms with van der Waals surface area (Å²) in [7, 11) is 0. The number of aliphatic hydroxyl groups excluding tert-OH is 1. The number of piperazine rings is 1. The molecule has 3 aliphatic rings. The van der Waals surface area contributed by atoms with Crippen LogP contribution in [0.3, 0.4) is 0 Å². The summed E-state index contributed by atoms with van der Waals surface area (Å²) in [5, 5.41) is 31.2. The van der Waals surface area contributed by atoms with E-state index in [1.807, 2.05) is 12.1 Å². The van der Waals surface area contributed by atoms with Gasteiger partial charge in [-0.3, -0.25) is 24.0 Å². The second kappa shape index (κ2) is 24.1. The van der Waals surface area contributed by atoms with Gasteiger partial charge in [0.25, 0.3) is 0 Å². The Balaban J connectivity index is 1.14. The number of carboxylic acid groups (broad SMARTS) is 1. The Hall–Kier alpha value is -5.05. The lowest BCUT2D eigenvalue weighted by molar-refractivity contribution is -0.144. The van der Waals surface area contributed by atoms with Gasteiger partial charge in [-0.2, -0.15) is 0 Å². The molecule has 1 saturated carbocycles. The Labute approximate surface area is 346 Å². The third-order valence-corrected chi connectivity index (χ3v) is 11.5. The van der Waals surface area contributed by atoms with Crippen LogP contribution in [-0.2, 0) is 51.1 Å². The van der Waals surface area contributed by atoms with Gasteiger partial charge in [0.05, 0.1) is 6.10 Å². The molecule has 324 valence electrons. The number of amides is 4. The Morgan fingerprint density at radius 1 is 0.831 bits per heavy atom. The van der Waals surface area contributed by atoms with Gasteiger partial charge in [-0.15, -0.1) is 0 Å². The van der Waals surface area contributed by atoms with Crippen molar-refractivity contribution in [1.82, 2.24) is 21.3 Å². The molecule has 4 rings (SSSR count). The van der Waals surface area contributed by atoms with Gasteiger partial charge in [0.2, 0.25) is 23.6 Å². The molecule has 2 fully saturated rings. The van der Waals surface area contributed by atoms with E-state index in [1.165, 1.54) is 19.1 Å². The fourth-order valence-electron chi connectivity index (χ4n) is 8.45. The second-order valence-corrected chi connectivity index (χ2v) is 16.0. The Kier molecular flexibility index (Phi) is 19.1. The summed E-state index contributed by atoms with van der Waals surface area (Å²) < 4.78 is 11.4. The number of unbranched alkanes of at least 4 members (excludes halogenated alkanes) is 4. The van der Waals surface area contributed by atoms with Crippen molar-refractivity contribution in [1.29, 1.82) is 0 Å². The molecule has 2 aliphatic carbocycles. The van der Waals surface area contributed by atoms with Crippen molar-refractivity contribution < 1.29 is 53.2 Å². The van der Waals surface area contributed by atoms with Crippen molar-refractivity contribution in [2.24, 2.45) is 17.8 Å². The molecule has 1 heterocycles. The van der Waals surface area contributed by atoms with Gasteiger partial charge in [0.15, 0.2) is 12.4 Å². The number of carboxylic acids is 1. The number of allylic oxidation sites excluding steroid dienone is 1. The Bertz CT molecular complexity index is 1690. The van der Waals surface area contributed by atoms with Crippen molar-refractivity contribution in [2.75, 3.05) is 19.7 Å². The molecule has 0 radical (unpaired) electrons. The van der Waals surface area contributed by atoms with Gasteiger partial charge in [0, 0.05) is 31.3 Å². The van der Waals surface area contributed by atoms with Crippen molar-refractivity contribution in [3.8, 4) is 5.75 Å². The van der Waals surface area contributed by atoms with E-state index in [-0.39, 0.29) is 47.4 Å². The number of fused-ring (bicyclic) bond motifs is 2. The molecular weight excluding hydrogens is 761 g/mol. The lowest BCUT2D eigenvalue weighted by Crippen LogP contribution is -2.61. The first-order valence-corrected chi connectivity index (χ1v) is 21.2. The second-order valence-electron chi connectivity index (χ2n) is 16.0. The van der Waals surface area contributed by atoms with E-state index >= 15 is 0 Å². The minimum atomic E-state index is -1.03. The molecule has 1 aromatic rings. The molecule has 1 aromatic carbocycles. The summed E-state index contributed by atoms with van der Waals surface area (Å²) in [5.41, 5.74) is 2.14. The predicted molar refractivity (Wildman–Crippen MR) is 218 cm³/mol. The molecule has 4 amide bonds. The first-order chi connectivity index (χ1) is 28.3. The maximum Gasteiger partial charge on any atom is 0.341 e. The number of aliphatic carboxylic acids is 1. The van der Waals surface area contributed by atoms with E-state index in [0.717, 1.165) is 55.4 Å². The number of hydrogen-bond donors (Lipinski definition) is 6. The number of hydrogen-bond acceptors (Lipinski definition) is 10. The van der Waals surface area contributed by atoms with Crippen LogP contribution in [0.1, 0.15) is 108 Å². The van der Waals surface area contributed by atoms with Crippen molar-refractivity contribution in [3.63, 3.8) is 0 Å². The quantitative estimate of drug-likeness (QED) is 0.0476.